The number of fused-ring (bicyclic) bond motifs is 1. The number of ether oxygens (including phenoxy) is 1. The zero-order chi connectivity index (χ0) is 19.7. The number of esters is 1. The van der Waals surface area contributed by atoms with Crippen LogP contribution in [-0.4, -0.2) is 27.0 Å². The molecule has 140 valence electrons. The lowest BCUT2D eigenvalue weighted by molar-refractivity contribution is 0.0603. The van der Waals surface area contributed by atoms with Gasteiger partial charge in [-0.2, -0.15) is 4.39 Å². The van der Waals surface area contributed by atoms with Crippen molar-refractivity contribution in [3.8, 4) is 11.1 Å². The van der Waals surface area contributed by atoms with Crippen LogP contribution in [0.25, 0.3) is 22.0 Å². The largest absolute Gasteiger partial charge is 0.465 e. The molecule has 0 bridgehead atoms. The molecule has 8 heteroatoms. The first-order valence-electron chi connectivity index (χ1n) is 8.20. The van der Waals surface area contributed by atoms with Gasteiger partial charge in [-0.15, -0.1) is 0 Å². The van der Waals surface area contributed by atoms with Crippen molar-refractivity contribution in [3.63, 3.8) is 0 Å². The second-order valence-electron chi connectivity index (χ2n) is 5.87. The molecule has 0 aliphatic carbocycles. The van der Waals surface area contributed by atoms with Crippen LogP contribution < -0.4 is 0 Å². The minimum atomic E-state index is -0.535. The summed E-state index contributed by atoms with van der Waals surface area (Å²) in [6.07, 6.45) is 4.86. The molecule has 3 aromatic heterocycles. The summed E-state index contributed by atoms with van der Waals surface area (Å²) in [5.41, 5.74) is 2.89. The van der Waals surface area contributed by atoms with Gasteiger partial charge in [0.05, 0.1) is 18.2 Å². The van der Waals surface area contributed by atoms with Gasteiger partial charge in [0.25, 0.3) is 0 Å². The maximum Gasteiger partial charge on any atom is 0.340 e. The fraction of sp³-hybridized carbons (Fsp3) is 0.0500. The summed E-state index contributed by atoms with van der Waals surface area (Å²) in [5, 5.41) is 1.16. The zero-order valence-electron chi connectivity index (χ0n) is 14.6. The lowest BCUT2D eigenvalue weighted by atomic mass is 10.0. The van der Waals surface area contributed by atoms with E-state index in [1.807, 2.05) is 28.2 Å². The van der Waals surface area contributed by atoms with Gasteiger partial charge in [0.2, 0.25) is 5.95 Å². The summed E-state index contributed by atoms with van der Waals surface area (Å²) in [5.74, 6) is -0.957. The number of aromatic nitrogens is 3. The molecule has 5 nitrogen and oxygen atoms in total. The number of carbonyl (C=O) groups excluding carboxylic acids is 1. The summed E-state index contributed by atoms with van der Waals surface area (Å²) in [6, 6.07) is 12.2. The molecule has 0 aliphatic rings. The molecule has 3 heterocycles. The number of carbonyl (C=O) groups is 1. The van der Waals surface area contributed by atoms with Crippen molar-refractivity contribution in [2.75, 3.05) is 7.11 Å². The number of hydrogen-bond acceptors (Lipinski definition) is 5. The fourth-order valence-corrected chi connectivity index (χ4v) is 3.78. The molecule has 1 aromatic carbocycles. The van der Waals surface area contributed by atoms with Gasteiger partial charge in [-0.25, -0.2) is 14.8 Å². The second kappa shape index (κ2) is 7.61. The van der Waals surface area contributed by atoms with Gasteiger partial charge in [-0.05, 0) is 47.8 Å². The van der Waals surface area contributed by atoms with Crippen LogP contribution in [0.3, 0.4) is 0 Å². The smallest absolute Gasteiger partial charge is 0.340 e. The highest BCUT2D eigenvalue weighted by Crippen LogP contribution is 2.33. The highest BCUT2D eigenvalue weighted by Gasteiger charge is 2.17. The summed E-state index contributed by atoms with van der Waals surface area (Å²) in [7, 11) is 1.35. The predicted octanol–water partition coefficient (Wildman–Crippen LogP) is 5.23. The van der Waals surface area contributed by atoms with Crippen molar-refractivity contribution in [1.29, 1.82) is 0 Å². The van der Waals surface area contributed by atoms with Crippen LogP contribution >= 0.6 is 23.5 Å². The number of nitrogens with zero attached hydrogens (tertiary/aromatic N) is 3. The average Bonchev–Trinajstić information content (AvgIpc) is 3.07. The minimum absolute atomic E-state index is 0.406. The molecule has 0 spiro atoms. The van der Waals surface area contributed by atoms with Crippen molar-refractivity contribution in [2.24, 2.45) is 0 Å². The maximum absolute atomic E-state index is 13.1. The van der Waals surface area contributed by atoms with Gasteiger partial charge in [-0.1, -0.05) is 23.7 Å². The maximum atomic E-state index is 13.1. The molecule has 0 fully saturated rings. The fourth-order valence-electron chi connectivity index (χ4n) is 2.80. The van der Waals surface area contributed by atoms with Crippen molar-refractivity contribution < 1.29 is 13.9 Å². The molecule has 0 unspecified atom stereocenters. The molecular formula is C20H13ClFN3O2S. The first-order valence-corrected chi connectivity index (χ1v) is 9.35. The van der Waals surface area contributed by atoms with E-state index in [1.165, 1.54) is 31.3 Å². The van der Waals surface area contributed by atoms with Gasteiger partial charge < -0.3 is 4.74 Å². The van der Waals surface area contributed by atoms with E-state index in [0.29, 0.717) is 10.7 Å². The third-order valence-corrected chi connectivity index (χ3v) is 5.32. The Hall–Kier alpha value is -2.90. The normalized spacial score (nSPS) is 11.0. The van der Waals surface area contributed by atoms with E-state index in [2.05, 4.69) is 9.97 Å². The molecule has 28 heavy (non-hydrogen) atoms. The van der Waals surface area contributed by atoms with Crippen LogP contribution in [0, 0.1) is 5.95 Å². The Morgan fingerprint density at radius 3 is 2.61 bits per heavy atom. The highest BCUT2D eigenvalue weighted by molar-refractivity contribution is 7.98. The van der Waals surface area contributed by atoms with Crippen LogP contribution in [0.4, 0.5) is 4.39 Å². The molecule has 4 aromatic rings. The van der Waals surface area contributed by atoms with E-state index in [9.17, 15) is 9.18 Å². The second-order valence-corrected chi connectivity index (χ2v) is 7.30. The van der Waals surface area contributed by atoms with E-state index in [0.717, 1.165) is 26.9 Å². The first-order chi connectivity index (χ1) is 13.5. The summed E-state index contributed by atoms with van der Waals surface area (Å²) in [4.78, 5) is 20.8. The Labute approximate surface area is 169 Å². The third kappa shape index (κ3) is 3.58. The monoisotopic (exact) mass is 413 g/mol. The van der Waals surface area contributed by atoms with Crippen LogP contribution in [0.15, 0.2) is 66.0 Å². The predicted molar refractivity (Wildman–Crippen MR) is 107 cm³/mol. The van der Waals surface area contributed by atoms with E-state index in [1.54, 1.807) is 24.5 Å². The molecule has 0 saturated heterocycles. The molecule has 0 saturated carbocycles. The van der Waals surface area contributed by atoms with Gasteiger partial charge in [0.15, 0.2) is 0 Å². The summed E-state index contributed by atoms with van der Waals surface area (Å²) < 4.78 is 19.9. The quantitative estimate of drug-likeness (QED) is 0.338. The van der Waals surface area contributed by atoms with Crippen molar-refractivity contribution >= 4 is 40.4 Å². The standard InChI is InChI=1S/C20H13ClFN3O2S/c1-27-20(26)16-11-25(28-14-4-6-18(21)23-10-14)17-8-12(2-5-15(16)17)13-3-7-19(22)24-9-13/h2-11H,1H3. The van der Waals surface area contributed by atoms with Crippen molar-refractivity contribution in [1.82, 2.24) is 13.9 Å². The van der Waals surface area contributed by atoms with Gasteiger partial charge in [0, 0.05) is 34.4 Å². The lowest BCUT2D eigenvalue weighted by Crippen LogP contribution is -1.99. The number of pyridine rings is 2. The molecule has 0 amide bonds. The Morgan fingerprint density at radius 1 is 1.11 bits per heavy atom. The Bertz CT molecular complexity index is 1160. The Kier molecular flexibility index (Phi) is 5.02. The first kappa shape index (κ1) is 18.5. The molecule has 0 aliphatic heterocycles. The molecule has 4 rings (SSSR count). The zero-order valence-corrected chi connectivity index (χ0v) is 16.2. The average molecular weight is 414 g/mol. The minimum Gasteiger partial charge on any atom is -0.465 e. The van der Waals surface area contributed by atoms with Gasteiger partial charge in [0.1, 0.15) is 5.15 Å². The lowest BCUT2D eigenvalue weighted by Gasteiger charge is -2.06. The van der Waals surface area contributed by atoms with Crippen LogP contribution in [0.2, 0.25) is 5.15 Å². The molecule has 0 radical (unpaired) electrons. The Balaban J connectivity index is 1.83. The highest BCUT2D eigenvalue weighted by atomic mass is 35.5. The van der Waals surface area contributed by atoms with E-state index in [4.69, 9.17) is 16.3 Å². The van der Waals surface area contributed by atoms with Gasteiger partial charge in [-0.3, -0.25) is 3.97 Å². The number of methoxy groups -OCH3 is 1. The summed E-state index contributed by atoms with van der Waals surface area (Å²) >= 11 is 7.25. The summed E-state index contributed by atoms with van der Waals surface area (Å²) in [6.45, 7) is 0. The molecule has 0 N–H and O–H groups in total. The van der Waals surface area contributed by atoms with E-state index >= 15 is 0 Å². The number of benzene rings is 1. The number of hydrogen-bond donors (Lipinski definition) is 0. The van der Waals surface area contributed by atoms with Crippen molar-refractivity contribution in [2.45, 2.75) is 4.90 Å². The van der Waals surface area contributed by atoms with Crippen LogP contribution in [0.5, 0.6) is 0 Å². The molecule has 0 atom stereocenters. The van der Waals surface area contributed by atoms with Crippen molar-refractivity contribution in [3.05, 3.63) is 77.7 Å². The molecular weight excluding hydrogens is 401 g/mol. The SMILES string of the molecule is COC(=O)c1cn(Sc2ccc(Cl)nc2)c2cc(-c3ccc(F)nc3)ccc12. The van der Waals surface area contributed by atoms with Gasteiger partial charge >= 0.3 is 5.97 Å². The number of rotatable bonds is 4. The number of halogens is 2. The van der Waals surface area contributed by atoms with E-state index in [-0.39, 0.29) is 0 Å². The van der Waals surface area contributed by atoms with Crippen LogP contribution in [0.1, 0.15) is 10.4 Å². The van der Waals surface area contributed by atoms with Crippen LogP contribution in [-0.2, 0) is 4.74 Å². The van der Waals surface area contributed by atoms with E-state index < -0.39 is 11.9 Å². The Morgan fingerprint density at radius 2 is 1.93 bits per heavy atom. The topological polar surface area (TPSA) is 57.0 Å². The third-order valence-electron chi connectivity index (χ3n) is 4.14.